The van der Waals surface area contributed by atoms with Crippen LogP contribution in [-0.2, 0) is 49.2 Å². The molecule has 4 heterocycles. The van der Waals surface area contributed by atoms with E-state index in [9.17, 15) is 24.1 Å². The summed E-state index contributed by atoms with van der Waals surface area (Å²) in [5.74, 6) is -1.26. The molecule has 0 unspecified atom stereocenters. The minimum absolute atomic E-state index is 0.00568. The summed E-state index contributed by atoms with van der Waals surface area (Å²) in [7, 11) is 0. The molecule has 0 saturated heterocycles. The molecule has 4 aromatic rings. The topological polar surface area (TPSA) is 181 Å². The summed E-state index contributed by atoms with van der Waals surface area (Å²) in [6.45, 7) is 1.46. The number of esters is 1. The van der Waals surface area contributed by atoms with E-state index in [0.29, 0.717) is 29.2 Å². The van der Waals surface area contributed by atoms with Gasteiger partial charge in [0.05, 0.1) is 41.6 Å². The van der Waals surface area contributed by atoms with Crippen molar-refractivity contribution in [3.63, 3.8) is 0 Å². The molecule has 0 spiro atoms. The summed E-state index contributed by atoms with van der Waals surface area (Å²) in [5.41, 5.74) is 7.78. The van der Waals surface area contributed by atoms with E-state index in [1.165, 1.54) is 0 Å². The minimum Gasteiger partial charge on any atom is -0.457 e. The maximum Gasteiger partial charge on any atom is 0.510 e. The number of nitrogens with two attached hydrogens (primary N) is 1. The molecule has 0 bridgehead atoms. The van der Waals surface area contributed by atoms with Crippen LogP contribution in [0.4, 0.5) is 10.5 Å². The second-order valence-corrected chi connectivity index (χ2v) is 10.8. The molecule has 3 N–H and O–H groups in total. The molecule has 2 aromatic carbocycles. The van der Waals surface area contributed by atoms with Crippen molar-refractivity contribution in [2.75, 3.05) is 11.9 Å². The van der Waals surface area contributed by atoms with Crippen molar-refractivity contribution in [3.8, 4) is 11.4 Å². The number of carbonyl (C=O) groups is 3. The van der Waals surface area contributed by atoms with E-state index in [4.69, 9.17) is 24.9 Å². The number of anilines is 1. The number of pyridine rings is 2. The SMILES string of the molecule is CC[C@@]1(OC(=O)OCc2ccc(NC(=O)[C@@H](N)CCN=O)cc2)C(=O)OCc2c1cc1n(c2=O)Cc2cc3ccccc3nc2-1. The van der Waals surface area contributed by atoms with Gasteiger partial charge in [-0.15, -0.1) is 0 Å². The Kier molecular flexibility index (Phi) is 7.85. The molecule has 0 aliphatic carbocycles. The molecule has 1 amide bonds. The van der Waals surface area contributed by atoms with E-state index in [2.05, 4.69) is 10.5 Å². The predicted molar refractivity (Wildman–Crippen MR) is 162 cm³/mol. The van der Waals surface area contributed by atoms with Crippen LogP contribution in [-0.4, -0.2) is 40.2 Å². The molecular formula is C32H29N5O8. The summed E-state index contributed by atoms with van der Waals surface area (Å²) < 4.78 is 18.0. The van der Waals surface area contributed by atoms with Crippen molar-refractivity contribution >= 4 is 34.6 Å². The number of aromatic nitrogens is 2. The number of nitrogens with zero attached hydrogens (tertiary/aromatic N) is 3. The number of hydrogen-bond donors (Lipinski definition) is 2. The van der Waals surface area contributed by atoms with Crippen LogP contribution in [0, 0.1) is 4.91 Å². The fourth-order valence-electron chi connectivity index (χ4n) is 5.64. The van der Waals surface area contributed by atoms with Gasteiger partial charge in [0.1, 0.15) is 13.2 Å². The van der Waals surface area contributed by atoms with Gasteiger partial charge in [0.15, 0.2) is 0 Å². The molecule has 13 nitrogen and oxygen atoms in total. The van der Waals surface area contributed by atoms with Crippen molar-refractivity contribution in [2.24, 2.45) is 10.9 Å². The third kappa shape index (κ3) is 5.42. The maximum atomic E-state index is 13.7. The van der Waals surface area contributed by atoms with E-state index in [1.54, 1.807) is 41.8 Å². The largest absolute Gasteiger partial charge is 0.510 e. The lowest BCUT2D eigenvalue weighted by Gasteiger charge is -2.35. The normalized spacial score (nSPS) is 17.0. The van der Waals surface area contributed by atoms with Crippen LogP contribution in [0.3, 0.4) is 0 Å². The van der Waals surface area contributed by atoms with E-state index in [1.807, 2.05) is 30.3 Å². The third-order valence-corrected chi connectivity index (χ3v) is 8.09. The summed E-state index contributed by atoms with van der Waals surface area (Å²) >= 11 is 0. The fourth-order valence-corrected chi connectivity index (χ4v) is 5.64. The monoisotopic (exact) mass is 611 g/mol. The van der Waals surface area contributed by atoms with Crippen LogP contribution in [0.2, 0.25) is 0 Å². The number of nitroso groups, excluding NO2 is 1. The quantitative estimate of drug-likeness (QED) is 0.183. The molecule has 2 aromatic heterocycles. The third-order valence-electron chi connectivity index (χ3n) is 8.09. The van der Waals surface area contributed by atoms with Crippen LogP contribution in [0.5, 0.6) is 0 Å². The van der Waals surface area contributed by atoms with Crippen molar-refractivity contribution in [2.45, 2.75) is 51.2 Å². The molecule has 2 aliphatic rings. The molecule has 230 valence electrons. The van der Waals surface area contributed by atoms with Gasteiger partial charge in [0.25, 0.3) is 5.56 Å². The molecule has 0 fully saturated rings. The van der Waals surface area contributed by atoms with Crippen LogP contribution >= 0.6 is 0 Å². The second kappa shape index (κ2) is 11.9. The number of cyclic esters (lactones) is 1. The zero-order valence-corrected chi connectivity index (χ0v) is 24.3. The Morgan fingerprint density at radius 1 is 1.16 bits per heavy atom. The van der Waals surface area contributed by atoms with Crippen molar-refractivity contribution < 1.29 is 28.6 Å². The predicted octanol–water partition coefficient (Wildman–Crippen LogP) is 3.86. The lowest BCUT2D eigenvalue weighted by molar-refractivity contribution is -0.175. The van der Waals surface area contributed by atoms with Gasteiger partial charge in [0, 0.05) is 22.2 Å². The first-order valence-electron chi connectivity index (χ1n) is 14.4. The van der Waals surface area contributed by atoms with Gasteiger partial charge in [-0.05, 0) is 48.7 Å². The molecular weight excluding hydrogens is 582 g/mol. The number of benzene rings is 2. The Morgan fingerprint density at radius 2 is 1.93 bits per heavy atom. The van der Waals surface area contributed by atoms with Gasteiger partial charge in [-0.25, -0.2) is 14.6 Å². The van der Waals surface area contributed by atoms with E-state index in [-0.39, 0.29) is 49.3 Å². The van der Waals surface area contributed by atoms with Gasteiger partial charge in [-0.1, -0.05) is 42.4 Å². The van der Waals surface area contributed by atoms with E-state index < -0.39 is 29.7 Å². The number of ether oxygens (including phenoxy) is 3. The van der Waals surface area contributed by atoms with Gasteiger partial charge in [-0.3, -0.25) is 9.59 Å². The molecule has 0 saturated carbocycles. The Balaban J connectivity index is 1.21. The molecule has 13 heteroatoms. The average Bonchev–Trinajstić information content (AvgIpc) is 3.41. The first kappa shape index (κ1) is 29.6. The highest BCUT2D eigenvalue weighted by Crippen LogP contribution is 2.41. The summed E-state index contributed by atoms with van der Waals surface area (Å²) in [5, 5.41) is 6.29. The van der Waals surface area contributed by atoms with Crippen LogP contribution in [0.15, 0.2) is 70.6 Å². The highest BCUT2D eigenvalue weighted by Gasteiger charge is 2.51. The minimum atomic E-state index is -1.90. The summed E-state index contributed by atoms with van der Waals surface area (Å²) in [6, 6.07) is 16.9. The van der Waals surface area contributed by atoms with Gasteiger partial charge in [-0.2, -0.15) is 4.91 Å². The zero-order chi connectivity index (χ0) is 31.7. The molecule has 2 atom stereocenters. The number of hydrogen-bond acceptors (Lipinski definition) is 11. The first-order chi connectivity index (χ1) is 21.7. The molecule has 0 radical (unpaired) electrons. The van der Waals surface area contributed by atoms with E-state index in [0.717, 1.165) is 16.5 Å². The van der Waals surface area contributed by atoms with Crippen molar-refractivity contribution in [1.82, 2.24) is 9.55 Å². The van der Waals surface area contributed by atoms with Gasteiger partial charge in [0.2, 0.25) is 11.5 Å². The van der Waals surface area contributed by atoms with E-state index >= 15 is 0 Å². The van der Waals surface area contributed by atoms with Crippen LogP contribution < -0.4 is 16.6 Å². The number of amides is 1. The lowest BCUT2D eigenvalue weighted by Crippen LogP contribution is -2.47. The first-order valence-corrected chi connectivity index (χ1v) is 14.4. The van der Waals surface area contributed by atoms with Gasteiger partial charge < -0.3 is 29.8 Å². The standard InChI is InChI=1S/C32H29N5O8/c1-2-32(45-31(41)44-16-18-7-9-21(10-8-18)35-28(38)24(33)11-12-34-42)23-14-26-27-20(13-19-5-3-4-6-25(19)36-27)15-37(26)29(39)22(23)17-43-30(32)40/h3-10,13-14,24H,2,11-12,15-17,33H2,1H3,(H,35,38)/t24-,32-/m0/s1. The van der Waals surface area contributed by atoms with Gasteiger partial charge >= 0.3 is 12.1 Å². The highest BCUT2D eigenvalue weighted by molar-refractivity contribution is 5.94. The summed E-state index contributed by atoms with van der Waals surface area (Å²) in [6.07, 6.45) is -1.01. The molecule has 6 rings (SSSR count). The molecule has 2 aliphatic heterocycles. The van der Waals surface area contributed by atoms with Crippen LogP contribution in [0.25, 0.3) is 22.3 Å². The van der Waals surface area contributed by atoms with Crippen molar-refractivity contribution in [3.05, 3.63) is 98.2 Å². The highest BCUT2D eigenvalue weighted by atomic mass is 16.7. The second-order valence-electron chi connectivity index (χ2n) is 10.8. The number of carbonyl (C=O) groups excluding carboxylic acids is 3. The Hall–Kier alpha value is -5.43. The average molecular weight is 612 g/mol. The Bertz CT molecular complexity index is 1900. The zero-order valence-electron chi connectivity index (χ0n) is 24.3. The molecule has 45 heavy (non-hydrogen) atoms. The number of fused-ring (bicyclic) bond motifs is 5. The van der Waals surface area contributed by atoms with Crippen molar-refractivity contribution in [1.29, 1.82) is 0 Å². The number of nitrogens with one attached hydrogen (secondary N) is 1. The maximum absolute atomic E-state index is 13.7. The summed E-state index contributed by atoms with van der Waals surface area (Å²) in [4.78, 5) is 67.1. The smallest absolute Gasteiger partial charge is 0.457 e. The Morgan fingerprint density at radius 3 is 2.69 bits per heavy atom. The number of rotatable bonds is 9. The lowest BCUT2D eigenvalue weighted by atomic mass is 9.85. The van der Waals surface area contributed by atoms with Crippen LogP contribution in [0.1, 0.15) is 42.0 Å². The Labute approximate surface area is 256 Å². The fraction of sp³-hybridized carbons (Fsp3) is 0.281. The number of para-hydroxylation sites is 1.